The van der Waals surface area contributed by atoms with Crippen LogP contribution >= 0.6 is 11.6 Å². The third-order valence-electron chi connectivity index (χ3n) is 4.82. The number of nitrogens with zero attached hydrogens (tertiary/aromatic N) is 1. The lowest BCUT2D eigenvalue weighted by Gasteiger charge is -2.37. The van der Waals surface area contributed by atoms with Crippen molar-refractivity contribution in [2.24, 2.45) is 0 Å². The van der Waals surface area contributed by atoms with Crippen molar-refractivity contribution in [3.8, 4) is 0 Å². The molecule has 0 radical (unpaired) electrons. The van der Waals surface area contributed by atoms with Crippen molar-refractivity contribution in [2.45, 2.75) is 30.8 Å². The van der Waals surface area contributed by atoms with Gasteiger partial charge in [-0.3, -0.25) is 19.7 Å². The number of hydrogen-bond acceptors (Lipinski definition) is 8. The monoisotopic (exact) mass is 442 g/mol. The first kappa shape index (κ1) is 23.5. The molecule has 1 atom stereocenters. The Labute approximate surface area is 177 Å². The van der Waals surface area contributed by atoms with E-state index in [-0.39, 0.29) is 30.0 Å². The van der Waals surface area contributed by atoms with Gasteiger partial charge in [-0.25, -0.2) is 4.79 Å². The van der Waals surface area contributed by atoms with E-state index in [0.717, 1.165) is 7.11 Å². The molecule has 1 aromatic carbocycles. The van der Waals surface area contributed by atoms with Crippen LogP contribution in [0.5, 0.6) is 0 Å². The smallest absolute Gasteiger partial charge is 0.330 e. The number of carbonyl (C=O) groups excluding carboxylic acids is 3. The third-order valence-corrected chi connectivity index (χ3v) is 5.14. The number of nitro groups is 1. The predicted molar refractivity (Wildman–Crippen MR) is 106 cm³/mol. The van der Waals surface area contributed by atoms with Crippen LogP contribution in [0, 0.1) is 10.1 Å². The highest BCUT2D eigenvalue weighted by atomic mass is 35.5. The van der Waals surface area contributed by atoms with Crippen molar-refractivity contribution in [1.82, 2.24) is 16.0 Å². The standard InChI is InChI=1S/C18H23ClN4O7/c1-30-16(26)13(10-24)21-17(27)18(4-6-20-7-5-18)22-15(25)9-11-2-3-12(19)14(8-11)23(28)29/h2-3,8,13,20,24H,4-7,9-10H2,1H3,(H,21,27)(H,22,25). The van der Waals surface area contributed by atoms with Crippen LogP contribution in [-0.2, 0) is 25.5 Å². The van der Waals surface area contributed by atoms with Gasteiger partial charge in [0.25, 0.3) is 5.69 Å². The molecule has 0 spiro atoms. The number of aliphatic hydroxyl groups is 1. The van der Waals surface area contributed by atoms with Crippen molar-refractivity contribution in [3.05, 3.63) is 38.9 Å². The molecule has 1 aromatic rings. The molecule has 1 aliphatic heterocycles. The molecule has 2 amide bonds. The van der Waals surface area contributed by atoms with Crippen molar-refractivity contribution >= 4 is 35.1 Å². The van der Waals surface area contributed by atoms with Crippen LogP contribution in [0.3, 0.4) is 0 Å². The molecule has 1 unspecified atom stereocenters. The molecule has 2 rings (SSSR count). The average molecular weight is 443 g/mol. The molecule has 164 valence electrons. The number of carbonyl (C=O) groups is 3. The molecule has 1 saturated heterocycles. The van der Waals surface area contributed by atoms with E-state index >= 15 is 0 Å². The summed E-state index contributed by atoms with van der Waals surface area (Å²) in [4.78, 5) is 47.6. The first-order valence-electron chi connectivity index (χ1n) is 9.16. The van der Waals surface area contributed by atoms with E-state index in [1.807, 2.05) is 0 Å². The number of aliphatic hydroxyl groups excluding tert-OH is 1. The highest BCUT2D eigenvalue weighted by Gasteiger charge is 2.42. The molecule has 0 bridgehead atoms. The minimum absolute atomic E-state index is 0.0452. The lowest BCUT2D eigenvalue weighted by molar-refractivity contribution is -0.384. The third kappa shape index (κ3) is 5.65. The number of amides is 2. The van der Waals surface area contributed by atoms with Gasteiger partial charge in [0.2, 0.25) is 11.8 Å². The normalized spacial score (nSPS) is 16.2. The average Bonchev–Trinajstić information content (AvgIpc) is 2.72. The Balaban J connectivity index is 2.16. The fourth-order valence-electron chi connectivity index (χ4n) is 3.18. The number of piperidine rings is 1. The van der Waals surface area contributed by atoms with Crippen molar-refractivity contribution < 1.29 is 29.2 Å². The molecule has 11 nitrogen and oxygen atoms in total. The highest BCUT2D eigenvalue weighted by Crippen LogP contribution is 2.26. The Morgan fingerprint density at radius 1 is 1.37 bits per heavy atom. The zero-order valence-electron chi connectivity index (χ0n) is 16.3. The van der Waals surface area contributed by atoms with Crippen molar-refractivity contribution in [2.75, 3.05) is 26.8 Å². The minimum Gasteiger partial charge on any atom is -0.467 e. The van der Waals surface area contributed by atoms with Crippen LogP contribution in [0.1, 0.15) is 18.4 Å². The van der Waals surface area contributed by atoms with Gasteiger partial charge >= 0.3 is 5.97 Å². The predicted octanol–water partition coefficient (Wildman–Crippen LogP) is -0.321. The molecule has 12 heteroatoms. The summed E-state index contributed by atoms with van der Waals surface area (Å²) in [5.74, 6) is -1.96. The van der Waals surface area contributed by atoms with E-state index in [1.165, 1.54) is 18.2 Å². The minimum atomic E-state index is -1.30. The molecular formula is C18H23ClN4O7. The molecular weight excluding hydrogens is 420 g/mol. The quantitative estimate of drug-likeness (QED) is 0.242. The van der Waals surface area contributed by atoms with Gasteiger partial charge < -0.3 is 25.8 Å². The number of hydrogen-bond donors (Lipinski definition) is 4. The van der Waals surface area contributed by atoms with Crippen molar-refractivity contribution in [3.63, 3.8) is 0 Å². The summed E-state index contributed by atoms with van der Waals surface area (Å²) in [5.41, 5.74) is -1.27. The van der Waals surface area contributed by atoms with Crippen LogP contribution in [0.25, 0.3) is 0 Å². The Bertz CT molecular complexity index is 827. The summed E-state index contributed by atoms with van der Waals surface area (Å²) in [7, 11) is 1.13. The van der Waals surface area contributed by atoms with E-state index in [4.69, 9.17) is 11.6 Å². The second-order valence-electron chi connectivity index (χ2n) is 6.83. The molecule has 0 aromatic heterocycles. The fourth-order valence-corrected chi connectivity index (χ4v) is 3.37. The first-order valence-corrected chi connectivity index (χ1v) is 9.54. The van der Waals surface area contributed by atoms with Gasteiger partial charge in [0.05, 0.1) is 25.1 Å². The summed E-state index contributed by atoms with van der Waals surface area (Å²) in [6.07, 6.45) is 0.302. The number of nitrogens with one attached hydrogen (secondary N) is 3. The Morgan fingerprint density at radius 2 is 2.03 bits per heavy atom. The van der Waals surface area contributed by atoms with E-state index < -0.39 is 40.9 Å². The molecule has 30 heavy (non-hydrogen) atoms. The summed E-state index contributed by atoms with van der Waals surface area (Å²) in [5, 5.41) is 28.5. The number of benzene rings is 1. The van der Waals surface area contributed by atoms with Crippen molar-refractivity contribution in [1.29, 1.82) is 0 Å². The van der Waals surface area contributed by atoms with Gasteiger partial charge in [0.1, 0.15) is 10.6 Å². The Hall–Kier alpha value is -2.76. The van der Waals surface area contributed by atoms with Gasteiger partial charge in [-0.05, 0) is 37.6 Å². The maximum Gasteiger partial charge on any atom is 0.330 e. The Kier molecular flexibility index (Phi) is 8.09. The number of rotatable bonds is 8. The molecule has 0 saturated carbocycles. The fraction of sp³-hybridized carbons (Fsp3) is 0.500. The summed E-state index contributed by atoms with van der Waals surface area (Å²) < 4.78 is 4.55. The Morgan fingerprint density at radius 3 is 2.60 bits per heavy atom. The van der Waals surface area contributed by atoms with E-state index in [1.54, 1.807) is 0 Å². The topological polar surface area (TPSA) is 160 Å². The lowest BCUT2D eigenvalue weighted by atomic mass is 9.86. The van der Waals surface area contributed by atoms with Gasteiger partial charge in [-0.1, -0.05) is 17.7 Å². The molecule has 0 aliphatic carbocycles. The molecule has 1 fully saturated rings. The van der Waals surface area contributed by atoms with Gasteiger partial charge in [-0.15, -0.1) is 0 Å². The first-order chi connectivity index (χ1) is 14.2. The molecule has 1 heterocycles. The number of halogens is 1. The molecule has 4 N–H and O–H groups in total. The maximum absolute atomic E-state index is 12.9. The number of nitro benzene ring substituents is 1. The van der Waals surface area contributed by atoms with Crippen LogP contribution in [-0.4, -0.2) is 66.2 Å². The van der Waals surface area contributed by atoms with Crippen LogP contribution in [0.2, 0.25) is 5.02 Å². The summed E-state index contributed by atoms with van der Waals surface area (Å²) in [6.45, 7) is 0.236. The van der Waals surface area contributed by atoms with E-state index in [2.05, 4.69) is 20.7 Å². The molecule has 1 aliphatic rings. The maximum atomic E-state index is 12.9. The van der Waals surface area contributed by atoms with Crippen LogP contribution in [0.15, 0.2) is 18.2 Å². The van der Waals surface area contributed by atoms with Gasteiger partial charge in [0.15, 0.2) is 6.04 Å². The largest absolute Gasteiger partial charge is 0.467 e. The van der Waals surface area contributed by atoms with Crippen LogP contribution < -0.4 is 16.0 Å². The number of ether oxygens (including phenoxy) is 1. The second kappa shape index (κ2) is 10.3. The zero-order chi connectivity index (χ0) is 22.3. The van der Waals surface area contributed by atoms with Crippen LogP contribution in [0.4, 0.5) is 5.69 Å². The van der Waals surface area contributed by atoms with E-state index in [9.17, 15) is 29.6 Å². The SMILES string of the molecule is COC(=O)C(CO)NC(=O)C1(NC(=O)Cc2ccc(Cl)c([N+](=O)[O-])c2)CCNCC1. The van der Waals surface area contributed by atoms with Gasteiger partial charge in [0, 0.05) is 6.07 Å². The highest BCUT2D eigenvalue weighted by molar-refractivity contribution is 6.32. The number of methoxy groups -OCH3 is 1. The zero-order valence-corrected chi connectivity index (χ0v) is 17.0. The van der Waals surface area contributed by atoms with Gasteiger partial charge in [-0.2, -0.15) is 0 Å². The lowest BCUT2D eigenvalue weighted by Crippen LogP contribution is -2.65. The summed E-state index contributed by atoms with van der Waals surface area (Å²) in [6, 6.07) is 2.77. The van der Waals surface area contributed by atoms with E-state index in [0.29, 0.717) is 18.7 Å². The number of esters is 1. The summed E-state index contributed by atoms with van der Waals surface area (Å²) >= 11 is 5.79. The second-order valence-corrected chi connectivity index (χ2v) is 7.24.